The number of carbonyl (C=O) groups excluding carboxylic acids is 1. The van der Waals surface area contributed by atoms with Crippen molar-refractivity contribution in [2.24, 2.45) is 0 Å². The van der Waals surface area contributed by atoms with Crippen molar-refractivity contribution in [3.63, 3.8) is 0 Å². The van der Waals surface area contributed by atoms with E-state index in [1.54, 1.807) is 30.0 Å². The first-order valence-electron chi connectivity index (χ1n) is 8.33. The number of sulfonamides is 1. The fraction of sp³-hybridized carbons (Fsp3) is 0.316. The van der Waals surface area contributed by atoms with Crippen LogP contribution in [0.4, 0.5) is 5.69 Å². The molecule has 0 unspecified atom stereocenters. The van der Waals surface area contributed by atoms with E-state index < -0.39 is 10.0 Å². The van der Waals surface area contributed by atoms with Gasteiger partial charge in [0.05, 0.1) is 11.9 Å². The Bertz CT molecular complexity index is 917. The Morgan fingerprint density at radius 1 is 1.22 bits per heavy atom. The predicted octanol–water partition coefficient (Wildman–Crippen LogP) is 3.71. The third kappa shape index (κ3) is 6.45. The maximum absolute atomic E-state index is 12.4. The highest BCUT2D eigenvalue weighted by atomic mass is 35.5. The van der Waals surface area contributed by atoms with Crippen molar-refractivity contribution >= 4 is 45.0 Å². The van der Waals surface area contributed by atoms with E-state index in [0.29, 0.717) is 17.8 Å². The van der Waals surface area contributed by atoms with Crippen LogP contribution in [-0.4, -0.2) is 39.9 Å². The third-order valence-electron chi connectivity index (χ3n) is 4.00. The van der Waals surface area contributed by atoms with E-state index in [9.17, 15) is 13.2 Å². The van der Waals surface area contributed by atoms with Crippen molar-refractivity contribution in [3.05, 3.63) is 64.2 Å². The van der Waals surface area contributed by atoms with Gasteiger partial charge in [0.2, 0.25) is 10.0 Å². The Labute approximate surface area is 170 Å². The van der Waals surface area contributed by atoms with Gasteiger partial charge < -0.3 is 5.32 Å². The number of benzene rings is 2. The maximum Gasteiger partial charge on any atom is 0.251 e. The van der Waals surface area contributed by atoms with Gasteiger partial charge in [-0.25, -0.2) is 8.42 Å². The SMILES string of the molecule is Cc1ccc(C(=O)NCCSCc2cccc(Cl)c2)cc1N(C)S(C)(=O)=O. The number of thioether (sulfide) groups is 1. The molecule has 0 saturated carbocycles. The smallest absolute Gasteiger partial charge is 0.251 e. The number of carbonyl (C=O) groups is 1. The minimum absolute atomic E-state index is 0.221. The van der Waals surface area contributed by atoms with Crippen molar-refractivity contribution in [3.8, 4) is 0 Å². The lowest BCUT2D eigenvalue weighted by Gasteiger charge is -2.19. The van der Waals surface area contributed by atoms with E-state index in [1.165, 1.54) is 11.4 Å². The molecule has 0 aliphatic heterocycles. The topological polar surface area (TPSA) is 66.5 Å². The van der Waals surface area contributed by atoms with Crippen LogP contribution in [0, 0.1) is 6.92 Å². The van der Waals surface area contributed by atoms with Crippen LogP contribution in [0.1, 0.15) is 21.5 Å². The van der Waals surface area contributed by atoms with Gasteiger partial charge in [-0.3, -0.25) is 9.10 Å². The van der Waals surface area contributed by atoms with Crippen LogP contribution in [0.25, 0.3) is 0 Å². The molecule has 0 heterocycles. The van der Waals surface area contributed by atoms with Gasteiger partial charge in [0, 0.05) is 35.7 Å². The molecule has 27 heavy (non-hydrogen) atoms. The molecular formula is C19H23ClN2O3S2. The molecule has 0 aliphatic carbocycles. The summed E-state index contributed by atoms with van der Waals surface area (Å²) in [7, 11) is -1.91. The second kappa shape index (κ2) is 9.48. The van der Waals surface area contributed by atoms with Gasteiger partial charge >= 0.3 is 0 Å². The fourth-order valence-corrected chi connectivity index (χ4v) is 4.00. The van der Waals surface area contributed by atoms with Gasteiger partial charge in [0.25, 0.3) is 5.91 Å². The summed E-state index contributed by atoms with van der Waals surface area (Å²) in [5.74, 6) is 1.37. The number of hydrogen-bond donors (Lipinski definition) is 1. The zero-order valence-electron chi connectivity index (χ0n) is 15.5. The standard InChI is InChI=1S/C19H23ClN2O3S2/c1-14-7-8-16(12-18(14)22(2)27(3,24)25)19(23)21-9-10-26-13-15-5-4-6-17(20)11-15/h4-8,11-12H,9-10,13H2,1-3H3,(H,21,23). The Balaban J connectivity index is 1.89. The normalized spacial score (nSPS) is 11.3. The van der Waals surface area contributed by atoms with E-state index in [0.717, 1.165) is 33.9 Å². The summed E-state index contributed by atoms with van der Waals surface area (Å²) in [5.41, 5.74) is 2.87. The summed E-state index contributed by atoms with van der Waals surface area (Å²) in [5, 5.41) is 3.59. The van der Waals surface area contributed by atoms with Crippen LogP contribution < -0.4 is 9.62 Å². The Kier molecular flexibility index (Phi) is 7.59. The monoisotopic (exact) mass is 426 g/mol. The summed E-state index contributed by atoms with van der Waals surface area (Å²) in [6, 6.07) is 12.8. The van der Waals surface area contributed by atoms with Crippen molar-refractivity contribution in [1.82, 2.24) is 5.32 Å². The van der Waals surface area contributed by atoms with E-state index in [4.69, 9.17) is 11.6 Å². The molecule has 0 spiro atoms. The predicted molar refractivity (Wildman–Crippen MR) is 114 cm³/mol. The molecule has 2 aromatic carbocycles. The summed E-state index contributed by atoms with van der Waals surface area (Å²) in [6.07, 6.45) is 1.14. The van der Waals surface area contributed by atoms with Crippen LogP contribution in [-0.2, 0) is 15.8 Å². The van der Waals surface area contributed by atoms with Crippen molar-refractivity contribution in [2.45, 2.75) is 12.7 Å². The number of halogens is 1. The number of anilines is 1. The molecule has 0 fully saturated rings. The molecule has 1 amide bonds. The minimum Gasteiger partial charge on any atom is -0.351 e. The molecule has 2 rings (SSSR count). The fourth-order valence-electron chi connectivity index (χ4n) is 2.42. The van der Waals surface area contributed by atoms with Crippen molar-refractivity contribution in [2.75, 3.05) is 29.9 Å². The lowest BCUT2D eigenvalue weighted by molar-refractivity contribution is 0.0956. The maximum atomic E-state index is 12.4. The van der Waals surface area contributed by atoms with Crippen molar-refractivity contribution in [1.29, 1.82) is 0 Å². The average Bonchev–Trinajstić information content (AvgIpc) is 2.60. The Morgan fingerprint density at radius 2 is 1.96 bits per heavy atom. The number of rotatable bonds is 8. The molecular weight excluding hydrogens is 404 g/mol. The zero-order valence-corrected chi connectivity index (χ0v) is 17.9. The molecule has 8 heteroatoms. The molecule has 146 valence electrons. The average molecular weight is 427 g/mol. The number of nitrogens with one attached hydrogen (secondary N) is 1. The molecule has 0 saturated heterocycles. The largest absolute Gasteiger partial charge is 0.351 e. The van der Waals surface area contributed by atoms with E-state index in [-0.39, 0.29) is 5.91 Å². The highest BCUT2D eigenvalue weighted by Gasteiger charge is 2.16. The van der Waals surface area contributed by atoms with Crippen LogP contribution in [0.2, 0.25) is 5.02 Å². The van der Waals surface area contributed by atoms with Gasteiger partial charge in [-0.1, -0.05) is 29.8 Å². The van der Waals surface area contributed by atoms with Gasteiger partial charge in [0.15, 0.2) is 0 Å². The highest BCUT2D eigenvalue weighted by Crippen LogP contribution is 2.22. The van der Waals surface area contributed by atoms with Crippen molar-refractivity contribution < 1.29 is 13.2 Å². The first-order chi connectivity index (χ1) is 12.7. The van der Waals surface area contributed by atoms with E-state index in [2.05, 4.69) is 5.32 Å². The second-order valence-corrected chi connectivity index (χ2v) is 9.73. The molecule has 1 N–H and O–H groups in total. The van der Waals surface area contributed by atoms with E-state index >= 15 is 0 Å². The van der Waals surface area contributed by atoms with Crippen LogP contribution in [0.15, 0.2) is 42.5 Å². The first-order valence-corrected chi connectivity index (χ1v) is 11.7. The first kappa shape index (κ1) is 21.6. The summed E-state index contributed by atoms with van der Waals surface area (Å²) in [4.78, 5) is 12.4. The summed E-state index contributed by atoms with van der Waals surface area (Å²) >= 11 is 7.67. The quantitative estimate of drug-likeness (QED) is 0.653. The van der Waals surface area contributed by atoms with Gasteiger partial charge in [-0.2, -0.15) is 11.8 Å². The molecule has 5 nitrogen and oxygen atoms in total. The number of amides is 1. The summed E-state index contributed by atoms with van der Waals surface area (Å²) < 4.78 is 24.7. The van der Waals surface area contributed by atoms with Crippen LogP contribution in [0.5, 0.6) is 0 Å². The van der Waals surface area contributed by atoms with Gasteiger partial charge in [0.1, 0.15) is 0 Å². The highest BCUT2D eigenvalue weighted by molar-refractivity contribution is 7.98. The zero-order chi connectivity index (χ0) is 20.0. The van der Waals surface area contributed by atoms with Crippen LogP contribution in [0.3, 0.4) is 0 Å². The Morgan fingerprint density at radius 3 is 2.63 bits per heavy atom. The minimum atomic E-state index is -3.39. The Hall–Kier alpha value is -1.70. The lowest BCUT2D eigenvalue weighted by Crippen LogP contribution is -2.28. The van der Waals surface area contributed by atoms with Crippen LogP contribution >= 0.6 is 23.4 Å². The molecule has 0 bridgehead atoms. The molecule has 0 radical (unpaired) electrons. The van der Waals surface area contributed by atoms with Gasteiger partial charge in [-0.05, 0) is 42.3 Å². The van der Waals surface area contributed by atoms with Gasteiger partial charge in [-0.15, -0.1) is 0 Å². The van der Waals surface area contributed by atoms with E-state index in [1.807, 2.05) is 31.2 Å². The third-order valence-corrected chi connectivity index (χ3v) is 6.45. The number of hydrogen-bond acceptors (Lipinski definition) is 4. The molecule has 0 atom stereocenters. The number of aryl methyl sites for hydroxylation is 1. The summed E-state index contributed by atoms with van der Waals surface area (Å²) in [6.45, 7) is 2.33. The molecule has 0 aromatic heterocycles. The lowest BCUT2D eigenvalue weighted by atomic mass is 10.1. The molecule has 0 aliphatic rings. The molecule has 2 aromatic rings. The second-order valence-electron chi connectivity index (χ2n) is 6.17. The number of nitrogens with zero attached hydrogens (tertiary/aromatic N) is 1.